The van der Waals surface area contributed by atoms with Crippen LogP contribution < -0.4 is 24.3 Å². The molecule has 10 heteroatoms. The third-order valence-corrected chi connectivity index (χ3v) is 5.79. The van der Waals surface area contributed by atoms with Crippen LogP contribution >= 0.6 is 11.6 Å². The standard InChI is InChI=1S/C24H30ClN3O6/c1-31-20-14-17(15-21(32-2)23(20)33-3)24(30)26-16-22(29)28-10-8-27(9-11-28)12-13-34-19-6-4-18(25)5-7-19/h4-7,14-15H,8-13,16H2,1-3H3,(H,26,30). The number of piperazine rings is 1. The molecule has 184 valence electrons. The van der Waals surface area contributed by atoms with Crippen molar-refractivity contribution in [3.8, 4) is 23.0 Å². The molecule has 1 fully saturated rings. The van der Waals surface area contributed by atoms with E-state index in [0.29, 0.717) is 47.5 Å². The van der Waals surface area contributed by atoms with Gasteiger partial charge in [-0.05, 0) is 36.4 Å². The SMILES string of the molecule is COc1cc(C(=O)NCC(=O)N2CCN(CCOc3ccc(Cl)cc3)CC2)cc(OC)c1OC. The Balaban J connectivity index is 1.42. The van der Waals surface area contributed by atoms with Crippen LogP contribution in [0.2, 0.25) is 5.02 Å². The minimum Gasteiger partial charge on any atom is -0.493 e. The van der Waals surface area contributed by atoms with Crippen LogP contribution in [0.4, 0.5) is 0 Å². The molecular weight excluding hydrogens is 462 g/mol. The summed E-state index contributed by atoms with van der Waals surface area (Å²) in [5, 5.41) is 3.35. The van der Waals surface area contributed by atoms with Crippen LogP contribution in [0.5, 0.6) is 23.0 Å². The van der Waals surface area contributed by atoms with Crippen LogP contribution in [-0.2, 0) is 4.79 Å². The first-order valence-electron chi connectivity index (χ1n) is 10.9. The van der Waals surface area contributed by atoms with Gasteiger partial charge in [-0.1, -0.05) is 11.6 Å². The molecule has 0 spiro atoms. The average molecular weight is 492 g/mol. The van der Waals surface area contributed by atoms with Crippen molar-refractivity contribution in [3.05, 3.63) is 47.0 Å². The molecule has 2 aromatic rings. The lowest BCUT2D eigenvalue weighted by molar-refractivity contribution is -0.131. The lowest BCUT2D eigenvalue weighted by Gasteiger charge is -2.34. The number of amides is 2. The van der Waals surface area contributed by atoms with Gasteiger partial charge in [0.05, 0.1) is 27.9 Å². The second-order valence-corrected chi connectivity index (χ2v) is 8.06. The van der Waals surface area contributed by atoms with E-state index in [2.05, 4.69) is 10.2 Å². The van der Waals surface area contributed by atoms with E-state index in [1.165, 1.54) is 21.3 Å². The van der Waals surface area contributed by atoms with E-state index < -0.39 is 5.91 Å². The van der Waals surface area contributed by atoms with Gasteiger partial charge in [0.15, 0.2) is 11.5 Å². The van der Waals surface area contributed by atoms with Gasteiger partial charge in [0.1, 0.15) is 12.4 Å². The summed E-state index contributed by atoms with van der Waals surface area (Å²) in [4.78, 5) is 29.2. The lowest BCUT2D eigenvalue weighted by atomic mass is 10.1. The van der Waals surface area contributed by atoms with Gasteiger partial charge >= 0.3 is 0 Å². The summed E-state index contributed by atoms with van der Waals surface area (Å²) >= 11 is 5.88. The Bertz CT molecular complexity index is 952. The van der Waals surface area contributed by atoms with Crippen molar-refractivity contribution >= 4 is 23.4 Å². The smallest absolute Gasteiger partial charge is 0.251 e. The molecule has 0 saturated carbocycles. The fourth-order valence-electron chi connectivity index (χ4n) is 3.63. The number of nitrogens with one attached hydrogen (secondary N) is 1. The quantitative estimate of drug-likeness (QED) is 0.545. The highest BCUT2D eigenvalue weighted by Gasteiger charge is 2.22. The third-order valence-electron chi connectivity index (χ3n) is 5.54. The molecule has 0 radical (unpaired) electrons. The van der Waals surface area contributed by atoms with Gasteiger partial charge in [0.25, 0.3) is 5.91 Å². The number of rotatable bonds is 10. The Hall–Kier alpha value is -3.17. The van der Waals surface area contributed by atoms with Gasteiger partial charge in [0.2, 0.25) is 11.7 Å². The normalized spacial score (nSPS) is 13.8. The maximum atomic E-state index is 12.6. The van der Waals surface area contributed by atoms with E-state index >= 15 is 0 Å². The maximum absolute atomic E-state index is 12.6. The zero-order chi connectivity index (χ0) is 24.5. The Morgan fingerprint density at radius 3 is 2.12 bits per heavy atom. The number of benzene rings is 2. The molecule has 34 heavy (non-hydrogen) atoms. The number of ether oxygens (including phenoxy) is 4. The topological polar surface area (TPSA) is 89.6 Å². The summed E-state index contributed by atoms with van der Waals surface area (Å²) in [7, 11) is 4.45. The Morgan fingerprint density at radius 1 is 0.941 bits per heavy atom. The second kappa shape index (κ2) is 12.3. The number of nitrogens with zero attached hydrogens (tertiary/aromatic N) is 2. The first kappa shape index (κ1) is 25.5. The minimum absolute atomic E-state index is 0.0881. The van der Waals surface area contributed by atoms with Crippen molar-refractivity contribution in [2.45, 2.75) is 0 Å². The summed E-state index contributed by atoms with van der Waals surface area (Å²) in [5.41, 5.74) is 0.313. The minimum atomic E-state index is -0.398. The summed E-state index contributed by atoms with van der Waals surface area (Å²) in [6, 6.07) is 10.4. The summed E-state index contributed by atoms with van der Waals surface area (Å²) < 4.78 is 21.6. The van der Waals surface area contributed by atoms with E-state index in [1.54, 1.807) is 29.2 Å². The number of carbonyl (C=O) groups is 2. The van der Waals surface area contributed by atoms with Crippen LogP contribution in [0.1, 0.15) is 10.4 Å². The van der Waals surface area contributed by atoms with Crippen molar-refractivity contribution in [1.29, 1.82) is 0 Å². The maximum Gasteiger partial charge on any atom is 0.251 e. The van der Waals surface area contributed by atoms with Crippen molar-refractivity contribution in [3.63, 3.8) is 0 Å². The number of hydrogen-bond acceptors (Lipinski definition) is 7. The Labute approximate surface area is 204 Å². The van der Waals surface area contributed by atoms with Crippen LogP contribution in [0, 0.1) is 0 Å². The molecule has 1 aliphatic rings. The van der Waals surface area contributed by atoms with E-state index in [9.17, 15) is 9.59 Å². The second-order valence-electron chi connectivity index (χ2n) is 7.62. The molecule has 0 aliphatic carbocycles. The van der Waals surface area contributed by atoms with E-state index in [-0.39, 0.29) is 12.5 Å². The van der Waals surface area contributed by atoms with Crippen molar-refractivity contribution in [2.75, 3.05) is 67.2 Å². The Morgan fingerprint density at radius 2 is 1.56 bits per heavy atom. The highest BCUT2D eigenvalue weighted by molar-refractivity contribution is 6.30. The molecule has 2 amide bonds. The summed E-state index contributed by atoms with van der Waals surface area (Å²) in [6.45, 7) is 3.92. The molecule has 0 bridgehead atoms. The van der Waals surface area contributed by atoms with E-state index in [0.717, 1.165) is 25.4 Å². The molecule has 9 nitrogen and oxygen atoms in total. The van der Waals surface area contributed by atoms with Gasteiger partial charge in [-0.15, -0.1) is 0 Å². The molecule has 2 aromatic carbocycles. The highest BCUT2D eigenvalue weighted by Crippen LogP contribution is 2.38. The number of carbonyl (C=O) groups excluding carboxylic acids is 2. The molecule has 1 aliphatic heterocycles. The van der Waals surface area contributed by atoms with E-state index in [4.69, 9.17) is 30.5 Å². The zero-order valence-corrected chi connectivity index (χ0v) is 20.4. The monoisotopic (exact) mass is 491 g/mol. The van der Waals surface area contributed by atoms with Gasteiger partial charge in [0, 0.05) is 43.3 Å². The predicted molar refractivity (Wildman–Crippen MR) is 128 cm³/mol. The summed E-state index contributed by atoms with van der Waals surface area (Å²) in [6.07, 6.45) is 0. The molecule has 0 atom stereocenters. The first-order chi connectivity index (χ1) is 16.4. The van der Waals surface area contributed by atoms with Crippen molar-refractivity contribution in [2.24, 2.45) is 0 Å². The lowest BCUT2D eigenvalue weighted by Crippen LogP contribution is -2.51. The number of methoxy groups -OCH3 is 3. The molecule has 1 heterocycles. The summed E-state index contributed by atoms with van der Waals surface area (Å²) in [5.74, 6) is 1.39. The third kappa shape index (κ3) is 6.68. The fourth-order valence-corrected chi connectivity index (χ4v) is 3.75. The van der Waals surface area contributed by atoms with Crippen LogP contribution in [0.25, 0.3) is 0 Å². The van der Waals surface area contributed by atoms with Gasteiger partial charge in [-0.2, -0.15) is 0 Å². The first-order valence-corrected chi connectivity index (χ1v) is 11.3. The van der Waals surface area contributed by atoms with Crippen molar-refractivity contribution < 1.29 is 28.5 Å². The molecule has 1 saturated heterocycles. The molecular formula is C24H30ClN3O6. The molecule has 0 unspecified atom stereocenters. The predicted octanol–water partition coefficient (Wildman–Crippen LogP) is 2.32. The fraction of sp³-hybridized carbons (Fsp3) is 0.417. The van der Waals surface area contributed by atoms with Gasteiger partial charge < -0.3 is 29.2 Å². The van der Waals surface area contributed by atoms with Crippen LogP contribution in [0.15, 0.2) is 36.4 Å². The van der Waals surface area contributed by atoms with Crippen LogP contribution in [-0.4, -0.2) is 88.8 Å². The van der Waals surface area contributed by atoms with Gasteiger partial charge in [-0.25, -0.2) is 0 Å². The van der Waals surface area contributed by atoms with E-state index in [1.807, 2.05) is 12.1 Å². The zero-order valence-electron chi connectivity index (χ0n) is 19.6. The van der Waals surface area contributed by atoms with Crippen LogP contribution in [0.3, 0.4) is 0 Å². The molecule has 3 rings (SSSR count). The Kier molecular flexibility index (Phi) is 9.24. The number of halogens is 1. The number of hydrogen-bond donors (Lipinski definition) is 1. The van der Waals surface area contributed by atoms with Gasteiger partial charge in [-0.3, -0.25) is 14.5 Å². The largest absolute Gasteiger partial charge is 0.493 e. The molecule has 0 aromatic heterocycles. The average Bonchev–Trinajstić information content (AvgIpc) is 2.87. The van der Waals surface area contributed by atoms with Crippen molar-refractivity contribution in [1.82, 2.24) is 15.1 Å². The molecule has 1 N–H and O–H groups in total. The highest BCUT2D eigenvalue weighted by atomic mass is 35.5.